The highest BCUT2D eigenvalue weighted by Gasteiger charge is 2.16. The Bertz CT molecular complexity index is 544. The molecule has 0 saturated heterocycles. The lowest BCUT2D eigenvalue weighted by atomic mass is 9.86. The Hall–Kier alpha value is -0.640. The van der Waals surface area contributed by atoms with E-state index in [1.165, 1.54) is 25.4 Å². The molecule has 0 radical (unpaired) electrons. The maximum Gasteiger partial charge on any atom is 0.0731 e. The second-order valence-electron chi connectivity index (χ2n) is 5.96. The van der Waals surface area contributed by atoms with Crippen molar-refractivity contribution >= 4 is 27.3 Å². The first-order valence-electron chi connectivity index (χ1n) is 6.41. The Morgan fingerprint density at radius 1 is 1.16 bits per heavy atom. The van der Waals surface area contributed by atoms with Crippen LogP contribution in [0.2, 0.25) is 0 Å². The average Bonchev–Trinajstić information content (AvgIpc) is 2.68. The monoisotopic (exact) mass is 337 g/mol. The lowest BCUT2D eigenvalue weighted by molar-refractivity contribution is 0.590. The third kappa shape index (κ3) is 3.28. The van der Waals surface area contributed by atoms with Crippen LogP contribution in [0, 0.1) is 6.92 Å². The first-order chi connectivity index (χ1) is 8.79. The summed E-state index contributed by atoms with van der Waals surface area (Å²) < 4.78 is 1.17. The van der Waals surface area contributed by atoms with Gasteiger partial charge in [0.05, 0.1) is 9.83 Å². The Morgan fingerprint density at radius 3 is 2.16 bits per heavy atom. The number of nitrogens with two attached hydrogens (primary N) is 1. The fourth-order valence-electron chi connectivity index (χ4n) is 1.99. The number of hydrogen-bond donors (Lipinski definition) is 1. The van der Waals surface area contributed by atoms with Crippen molar-refractivity contribution in [2.45, 2.75) is 39.2 Å². The van der Waals surface area contributed by atoms with Crippen LogP contribution < -0.4 is 5.73 Å². The van der Waals surface area contributed by atoms with Gasteiger partial charge in [-0.25, -0.2) is 0 Å². The normalized spacial score (nSPS) is 13.6. The predicted octanol–water partition coefficient (Wildman–Crippen LogP) is 5.16. The van der Waals surface area contributed by atoms with E-state index < -0.39 is 0 Å². The van der Waals surface area contributed by atoms with Crippen LogP contribution in [0.15, 0.2) is 34.1 Å². The summed E-state index contributed by atoms with van der Waals surface area (Å²) in [5.41, 5.74) is 10.3. The number of rotatable bonds is 2. The fraction of sp³-hybridized carbons (Fsp3) is 0.375. The summed E-state index contributed by atoms with van der Waals surface area (Å²) in [6.07, 6.45) is 0. The molecule has 2 rings (SSSR count). The molecule has 0 amide bonds. The number of aryl methyl sites for hydroxylation is 1. The van der Waals surface area contributed by atoms with Gasteiger partial charge >= 0.3 is 0 Å². The van der Waals surface area contributed by atoms with E-state index in [2.05, 4.69) is 74.0 Å². The number of benzene rings is 1. The molecule has 1 aromatic heterocycles. The van der Waals surface area contributed by atoms with E-state index in [-0.39, 0.29) is 11.5 Å². The molecule has 0 bridgehead atoms. The van der Waals surface area contributed by atoms with Crippen LogP contribution >= 0.6 is 27.3 Å². The zero-order valence-electron chi connectivity index (χ0n) is 11.8. The molecule has 1 aromatic carbocycles. The van der Waals surface area contributed by atoms with E-state index >= 15 is 0 Å². The number of hydrogen-bond acceptors (Lipinski definition) is 2. The van der Waals surface area contributed by atoms with E-state index in [0.717, 1.165) is 0 Å². The van der Waals surface area contributed by atoms with Crippen LogP contribution in [0.25, 0.3) is 0 Å². The first-order valence-corrected chi connectivity index (χ1v) is 8.02. The van der Waals surface area contributed by atoms with Crippen molar-refractivity contribution in [3.05, 3.63) is 55.7 Å². The predicted molar refractivity (Wildman–Crippen MR) is 87.9 cm³/mol. The summed E-state index contributed by atoms with van der Waals surface area (Å²) in [5.74, 6) is 0. The number of halogens is 1. The van der Waals surface area contributed by atoms with Gasteiger partial charge in [0.15, 0.2) is 0 Å². The minimum atomic E-state index is -0.0379. The molecule has 2 N–H and O–H groups in total. The third-order valence-electron chi connectivity index (χ3n) is 3.32. The summed E-state index contributed by atoms with van der Waals surface area (Å²) in [6, 6.07) is 10.8. The average molecular weight is 338 g/mol. The van der Waals surface area contributed by atoms with Gasteiger partial charge in [0.25, 0.3) is 0 Å². The molecule has 2 aromatic rings. The standard InChI is InChI=1S/C16H20BrNS/c1-10-9-13(19-15(10)17)14(18)11-5-7-12(8-6-11)16(2,3)4/h5-9,14H,18H2,1-4H3. The second-order valence-corrected chi connectivity index (χ2v) is 8.36. The lowest BCUT2D eigenvalue weighted by Crippen LogP contribution is -2.13. The van der Waals surface area contributed by atoms with Gasteiger partial charge in [-0.15, -0.1) is 11.3 Å². The minimum absolute atomic E-state index is 0.0379. The van der Waals surface area contributed by atoms with E-state index in [1.807, 2.05) is 0 Å². The second kappa shape index (κ2) is 5.39. The molecule has 1 heterocycles. The molecule has 102 valence electrons. The van der Waals surface area contributed by atoms with Crippen LogP contribution in [-0.2, 0) is 5.41 Å². The van der Waals surface area contributed by atoms with Crippen LogP contribution in [0.4, 0.5) is 0 Å². The highest BCUT2D eigenvalue weighted by molar-refractivity contribution is 9.11. The molecule has 3 heteroatoms. The van der Waals surface area contributed by atoms with E-state index in [1.54, 1.807) is 11.3 Å². The molecule has 0 aliphatic carbocycles. The lowest BCUT2D eigenvalue weighted by Gasteiger charge is -2.20. The first kappa shape index (κ1) is 14.8. The summed E-state index contributed by atoms with van der Waals surface area (Å²) in [5, 5.41) is 0. The van der Waals surface area contributed by atoms with Gasteiger partial charge < -0.3 is 5.73 Å². The Balaban J connectivity index is 2.27. The molecule has 0 spiro atoms. The van der Waals surface area contributed by atoms with Gasteiger partial charge in [-0.3, -0.25) is 0 Å². The Kier molecular flexibility index (Phi) is 4.19. The van der Waals surface area contributed by atoms with Gasteiger partial charge in [0.2, 0.25) is 0 Å². The van der Waals surface area contributed by atoms with E-state index in [4.69, 9.17) is 5.73 Å². The maximum atomic E-state index is 6.35. The highest BCUT2D eigenvalue weighted by Crippen LogP contribution is 2.33. The zero-order chi connectivity index (χ0) is 14.2. The maximum absolute atomic E-state index is 6.35. The molecule has 1 nitrogen and oxygen atoms in total. The molecular weight excluding hydrogens is 318 g/mol. The van der Waals surface area contributed by atoms with Crippen molar-refractivity contribution in [1.82, 2.24) is 0 Å². The van der Waals surface area contributed by atoms with E-state index in [9.17, 15) is 0 Å². The van der Waals surface area contributed by atoms with Crippen LogP contribution in [0.3, 0.4) is 0 Å². The van der Waals surface area contributed by atoms with Gasteiger partial charge in [-0.2, -0.15) is 0 Å². The van der Waals surface area contributed by atoms with E-state index in [0.29, 0.717) is 0 Å². The molecule has 19 heavy (non-hydrogen) atoms. The molecular formula is C16H20BrNS. The molecule has 1 unspecified atom stereocenters. The van der Waals surface area contributed by atoms with Crippen molar-refractivity contribution in [3.8, 4) is 0 Å². The van der Waals surface area contributed by atoms with Crippen molar-refractivity contribution in [3.63, 3.8) is 0 Å². The van der Waals surface area contributed by atoms with Crippen LogP contribution in [0.1, 0.15) is 48.4 Å². The van der Waals surface area contributed by atoms with Crippen molar-refractivity contribution in [2.75, 3.05) is 0 Å². The van der Waals surface area contributed by atoms with Crippen LogP contribution in [-0.4, -0.2) is 0 Å². The number of thiophene rings is 1. The van der Waals surface area contributed by atoms with Gasteiger partial charge in [-0.05, 0) is 51.0 Å². The molecule has 0 fully saturated rings. The minimum Gasteiger partial charge on any atom is -0.320 e. The SMILES string of the molecule is Cc1cc(C(N)c2ccc(C(C)(C)C)cc2)sc1Br. The topological polar surface area (TPSA) is 26.0 Å². The summed E-state index contributed by atoms with van der Waals surface area (Å²) in [4.78, 5) is 1.20. The van der Waals surface area contributed by atoms with Crippen molar-refractivity contribution < 1.29 is 0 Å². The zero-order valence-corrected chi connectivity index (χ0v) is 14.2. The highest BCUT2D eigenvalue weighted by atomic mass is 79.9. The Morgan fingerprint density at radius 2 is 1.74 bits per heavy atom. The molecule has 0 aliphatic heterocycles. The summed E-state index contributed by atoms with van der Waals surface area (Å²) >= 11 is 5.28. The molecule has 1 atom stereocenters. The van der Waals surface area contributed by atoms with Gasteiger partial charge in [0.1, 0.15) is 0 Å². The quantitative estimate of drug-likeness (QED) is 0.804. The van der Waals surface area contributed by atoms with Gasteiger partial charge in [-0.1, -0.05) is 45.0 Å². The van der Waals surface area contributed by atoms with Crippen LogP contribution in [0.5, 0.6) is 0 Å². The molecule has 0 aliphatic rings. The van der Waals surface area contributed by atoms with Gasteiger partial charge in [0, 0.05) is 4.88 Å². The molecule has 0 saturated carbocycles. The summed E-state index contributed by atoms with van der Waals surface area (Å²) in [7, 11) is 0. The van der Waals surface area contributed by atoms with Crippen molar-refractivity contribution in [2.24, 2.45) is 5.73 Å². The fourth-order valence-corrected chi connectivity index (χ4v) is 3.59. The Labute approximate surface area is 128 Å². The largest absolute Gasteiger partial charge is 0.320 e. The van der Waals surface area contributed by atoms with Crippen molar-refractivity contribution in [1.29, 1.82) is 0 Å². The third-order valence-corrected chi connectivity index (χ3v) is 5.54. The summed E-state index contributed by atoms with van der Waals surface area (Å²) in [6.45, 7) is 8.77. The smallest absolute Gasteiger partial charge is 0.0731 e.